The molecule has 1 saturated heterocycles. The van der Waals surface area contributed by atoms with Gasteiger partial charge in [0.05, 0.1) is 7.11 Å². The van der Waals surface area contributed by atoms with E-state index in [-0.39, 0.29) is 5.91 Å². The maximum atomic E-state index is 12.8. The van der Waals surface area contributed by atoms with Gasteiger partial charge in [0.1, 0.15) is 22.4 Å². The van der Waals surface area contributed by atoms with E-state index < -0.39 is 0 Å². The van der Waals surface area contributed by atoms with Crippen LogP contribution in [0.5, 0.6) is 5.88 Å². The number of ether oxygens (including phenoxy) is 1. The van der Waals surface area contributed by atoms with Crippen LogP contribution in [0.3, 0.4) is 0 Å². The normalized spacial score (nSPS) is 14.3. The zero-order chi connectivity index (χ0) is 19.7. The predicted molar refractivity (Wildman–Crippen MR) is 109 cm³/mol. The summed E-state index contributed by atoms with van der Waals surface area (Å²) in [6.45, 7) is 5.50. The van der Waals surface area contributed by atoms with E-state index in [0.717, 1.165) is 37.2 Å². The van der Waals surface area contributed by atoms with Gasteiger partial charge < -0.3 is 15.0 Å². The average Bonchev–Trinajstić information content (AvgIpc) is 3.16. The highest BCUT2D eigenvalue weighted by atomic mass is 32.1. The number of carbonyl (C=O) groups excluding carboxylic acids is 1. The van der Waals surface area contributed by atoms with Crippen molar-refractivity contribution >= 4 is 39.1 Å². The third-order valence-corrected chi connectivity index (χ3v) is 5.85. The molecule has 0 unspecified atom stereocenters. The zero-order valence-electron chi connectivity index (χ0n) is 16.2. The summed E-state index contributed by atoms with van der Waals surface area (Å²) in [6.07, 6.45) is 4.74. The lowest BCUT2D eigenvalue weighted by molar-refractivity contribution is 0.0724. The van der Waals surface area contributed by atoms with Crippen LogP contribution in [0.15, 0.2) is 12.4 Å². The number of nitrogens with zero attached hydrogens (tertiary/aromatic N) is 5. The fourth-order valence-corrected chi connectivity index (χ4v) is 4.10. The van der Waals surface area contributed by atoms with Crippen LogP contribution in [0.1, 0.15) is 40.3 Å². The van der Waals surface area contributed by atoms with Crippen molar-refractivity contribution in [2.75, 3.05) is 25.5 Å². The number of methoxy groups -OCH3 is 1. The summed E-state index contributed by atoms with van der Waals surface area (Å²) >= 11 is 1.30. The van der Waals surface area contributed by atoms with Gasteiger partial charge in [-0.2, -0.15) is 0 Å². The molecule has 9 heteroatoms. The van der Waals surface area contributed by atoms with Gasteiger partial charge in [0.25, 0.3) is 5.91 Å². The van der Waals surface area contributed by atoms with Gasteiger partial charge in [-0.1, -0.05) is 11.3 Å². The third-order valence-electron chi connectivity index (χ3n) is 4.90. The van der Waals surface area contributed by atoms with Gasteiger partial charge in [0.15, 0.2) is 10.8 Å². The summed E-state index contributed by atoms with van der Waals surface area (Å²) in [5.41, 5.74) is 3.21. The summed E-state index contributed by atoms with van der Waals surface area (Å²) in [5, 5.41) is 3.70. The van der Waals surface area contributed by atoms with Crippen molar-refractivity contribution in [2.24, 2.45) is 0 Å². The molecule has 1 amide bonds. The highest BCUT2D eigenvalue weighted by Crippen LogP contribution is 2.31. The van der Waals surface area contributed by atoms with E-state index in [1.165, 1.54) is 24.1 Å². The molecule has 1 fully saturated rings. The highest BCUT2D eigenvalue weighted by molar-refractivity contribution is 7.19. The minimum Gasteiger partial charge on any atom is -0.480 e. The van der Waals surface area contributed by atoms with Crippen LogP contribution in [-0.4, -0.2) is 50.9 Å². The van der Waals surface area contributed by atoms with Crippen molar-refractivity contribution in [3.63, 3.8) is 0 Å². The number of thiazole rings is 1. The molecule has 0 aromatic carbocycles. The topological polar surface area (TPSA) is 93.1 Å². The number of amides is 1. The van der Waals surface area contributed by atoms with Crippen LogP contribution in [0.4, 0.5) is 11.5 Å². The number of rotatable bonds is 4. The van der Waals surface area contributed by atoms with Crippen molar-refractivity contribution in [3.05, 3.63) is 28.7 Å². The summed E-state index contributed by atoms with van der Waals surface area (Å²) in [4.78, 5) is 33.0. The second-order valence-corrected chi connectivity index (χ2v) is 7.80. The maximum Gasteiger partial charge on any atom is 0.282 e. The fourth-order valence-electron chi connectivity index (χ4n) is 3.23. The Balaban J connectivity index is 1.68. The number of piperidine rings is 1. The van der Waals surface area contributed by atoms with Crippen molar-refractivity contribution in [1.82, 2.24) is 24.8 Å². The van der Waals surface area contributed by atoms with E-state index >= 15 is 0 Å². The van der Waals surface area contributed by atoms with Crippen LogP contribution in [-0.2, 0) is 0 Å². The first-order chi connectivity index (χ1) is 13.6. The Kier molecular flexibility index (Phi) is 5.08. The molecule has 4 heterocycles. The Morgan fingerprint density at radius 2 is 1.96 bits per heavy atom. The SMILES string of the molecule is COc1nc(C)c(C)cc1Nc1ncnc2sc(C(=O)N3CCCCC3)nc12. The first-order valence-corrected chi connectivity index (χ1v) is 10.1. The molecule has 0 bridgehead atoms. The Morgan fingerprint density at radius 3 is 2.71 bits per heavy atom. The number of nitrogens with one attached hydrogen (secondary N) is 1. The van der Waals surface area contributed by atoms with E-state index in [2.05, 4.69) is 25.3 Å². The molecular weight excluding hydrogens is 376 g/mol. The molecule has 0 aliphatic carbocycles. The van der Waals surface area contributed by atoms with E-state index in [1.807, 2.05) is 24.8 Å². The molecule has 146 valence electrons. The van der Waals surface area contributed by atoms with E-state index in [9.17, 15) is 4.79 Å². The molecule has 0 radical (unpaired) electrons. The Hall–Kier alpha value is -2.81. The van der Waals surface area contributed by atoms with Crippen LogP contribution in [0, 0.1) is 13.8 Å². The van der Waals surface area contributed by atoms with E-state index in [0.29, 0.717) is 32.7 Å². The molecule has 1 N–H and O–H groups in total. The smallest absolute Gasteiger partial charge is 0.282 e. The van der Waals surface area contributed by atoms with E-state index in [4.69, 9.17) is 4.74 Å². The monoisotopic (exact) mass is 398 g/mol. The van der Waals surface area contributed by atoms with Gasteiger partial charge in [-0.25, -0.2) is 19.9 Å². The standard InChI is InChI=1S/C19H22N6O2S/c1-11-9-13(16(27-3)22-12(11)2)23-15-14-17(21-10-20-15)28-18(24-14)19(26)25-7-5-4-6-8-25/h9-10H,4-8H2,1-3H3,(H,20,21,23). The lowest BCUT2D eigenvalue weighted by atomic mass is 10.1. The number of pyridine rings is 1. The van der Waals surface area contributed by atoms with Gasteiger partial charge in [0, 0.05) is 18.8 Å². The molecular formula is C19H22N6O2S. The molecule has 3 aromatic rings. The molecule has 0 spiro atoms. The van der Waals surface area contributed by atoms with Crippen LogP contribution in [0.2, 0.25) is 0 Å². The Bertz CT molecular complexity index is 1030. The van der Waals surface area contributed by atoms with Gasteiger partial charge >= 0.3 is 0 Å². The summed E-state index contributed by atoms with van der Waals surface area (Å²) in [5.74, 6) is 0.982. The Labute approximate surface area is 167 Å². The zero-order valence-corrected chi connectivity index (χ0v) is 17.0. The minimum absolute atomic E-state index is 0.0286. The summed E-state index contributed by atoms with van der Waals surface area (Å²) in [6, 6.07) is 1.96. The maximum absolute atomic E-state index is 12.8. The second kappa shape index (κ2) is 7.67. The van der Waals surface area contributed by atoms with E-state index in [1.54, 1.807) is 7.11 Å². The van der Waals surface area contributed by atoms with Crippen molar-refractivity contribution in [2.45, 2.75) is 33.1 Å². The van der Waals surface area contributed by atoms with Crippen molar-refractivity contribution in [1.29, 1.82) is 0 Å². The molecule has 0 atom stereocenters. The number of aromatic nitrogens is 4. The quantitative estimate of drug-likeness (QED) is 0.719. The largest absolute Gasteiger partial charge is 0.480 e. The van der Waals surface area contributed by atoms with Crippen molar-refractivity contribution < 1.29 is 9.53 Å². The van der Waals surface area contributed by atoms with Gasteiger partial charge in [0.2, 0.25) is 5.88 Å². The lowest BCUT2D eigenvalue weighted by Gasteiger charge is -2.25. The van der Waals surface area contributed by atoms with Crippen LogP contribution in [0.25, 0.3) is 10.3 Å². The summed E-state index contributed by atoms with van der Waals surface area (Å²) in [7, 11) is 1.58. The number of hydrogen-bond donors (Lipinski definition) is 1. The molecule has 8 nitrogen and oxygen atoms in total. The van der Waals surface area contributed by atoms with Crippen molar-refractivity contribution in [3.8, 4) is 5.88 Å². The second-order valence-electron chi connectivity index (χ2n) is 6.82. The molecule has 1 aliphatic heterocycles. The minimum atomic E-state index is -0.0286. The third kappa shape index (κ3) is 3.49. The van der Waals surface area contributed by atoms with Gasteiger partial charge in [-0.05, 0) is 44.7 Å². The lowest BCUT2D eigenvalue weighted by Crippen LogP contribution is -2.35. The molecule has 1 aliphatic rings. The predicted octanol–water partition coefficient (Wildman–Crippen LogP) is 3.48. The molecule has 0 saturated carbocycles. The molecule has 28 heavy (non-hydrogen) atoms. The van der Waals surface area contributed by atoms with Crippen LogP contribution >= 0.6 is 11.3 Å². The highest BCUT2D eigenvalue weighted by Gasteiger charge is 2.23. The first kappa shape index (κ1) is 18.5. The molecule has 3 aromatic heterocycles. The van der Waals surface area contributed by atoms with Gasteiger partial charge in [-0.15, -0.1) is 0 Å². The number of likely N-dealkylation sites (tertiary alicyclic amines) is 1. The number of anilines is 2. The number of fused-ring (bicyclic) bond motifs is 1. The fraction of sp³-hybridized carbons (Fsp3) is 0.421. The number of carbonyl (C=O) groups is 1. The number of hydrogen-bond acceptors (Lipinski definition) is 8. The van der Waals surface area contributed by atoms with Crippen LogP contribution < -0.4 is 10.1 Å². The molecule has 4 rings (SSSR count). The summed E-state index contributed by atoms with van der Waals surface area (Å²) < 4.78 is 5.39. The number of aryl methyl sites for hydroxylation is 2. The first-order valence-electron chi connectivity index (χ1n) is 9.27. The average molecular weight is 398 g/mol. The Morgan fingerprint density at radius 1 is 1.18 bits per heavy atom. The van der Waals surface area contributed by atoms with Gasteiger partial charge in [-0.3, -0.25) is 4.79 Å².